The van der Waals surface area contributed by atoms with Crippen LogP contribution in [0.3, 0.4) is 0 Å². The fourth-order valence-electron chi connectivity index (χ4n) is 1.44. The largest absolute Gasteiger partial charge is 0.477 e. The summed E-state index contributed by atoms with van der Waals surface area (Å²) in [6, 6.07) is 8.58. The van der Waals surface area contributed by atoms with Gasteiger partial charge in [-0.3, -0.25) is 4.98 Å². The first-order valence-electron chi connectivity index (χ1n) is 5.41. The number of hydrogen-bond acceptors (Lipinski definition) is 4. The number of rotatable bonds is 5. The van der Waals surface area contributed by atoms with Crippen LogP contribution in [0.1, 0.15) is 21.7 Å². The van der Waals surface area contributed by atoms with Crippen molar-refractivity contribution in [1.29, 1.82) is 0 Å². The molecule has 18 heavy (non-hydrogen) atoms. The molecule has 0 saturated heterocycles. The minimum absolute atomic E-state index is 0.0254. The zero-order valence-corrected chi connectivity index (χ0v) is 9.61. The van der Waals surface area contributed by atoms with Gasteiger partial charge in [-0.05, 0) is 23.8 Å². The van der Waals surface area contributed by atoms with E-state index in [0.717, 1.165) is 5.56 Å². The van der Waals surface area contributed by atoms with Gasteiger partial charge >= 0.3 is 5.97 Å². The van der Waals surface area contributed by atoms with Gasteiger partial charge in [-0.15, -0.1) is 0 Å². The van der Waals surface area contributed by atoms with Crippen LogP contribution in [-0.2, 0) is 18.0 Å². The second-order valence-corrected chi connectivity index (χ2v) is 3.67. The van der Waals surface area contributed by atoms with E-state index in [0.29, 0.717) is 12.3 Å². The van der Waals surface area contributed by atoms with Crippen LogP contribution >= 0.6 is 0 Å². The Bertz CT molecular complexity index is 529. The van der Waals surface area contributed by atoms with Crippen LogP contribution in [0.2, 0.25) is 0 Å². The molecule has 5 nitrogen and oxygen atoms in total. The Morgan fingerprint density at radius 2 is 2.11 bits per heavy atom. The summed E-state index contributed by atoms with van der Waals surface area (Å²) in [5, 5.41) is 8.80. The number of aromatic nitrogens is 2. The first-order valence-corrected chi connectivity index (χ1v) is 5.41. The minimum atomic E-state index is -1.04. The maximum absolute atomic E-state index is 10.7. The highest BCUT2D eigenvalue weighted by Gasteiger charge is 2.05. The van der Waals surface area contributed by atoms with E-state index in [4.69, 9.17) is 9.84 Å². The molecule has 2 rings (SSSR count). The minimum Gasteiger partial charge on any atom is -0.477 e. The van der Waals surface area contributed by atoms with Gasteiger partial charge in [0.15, 0.2) is 0 Å². The van der Waals surface area contributed by atoms with E-state index >= 15 is 0 Å². The molecule has 0 bridgehead atoms. The van der Waals surface area contributed by atoms with E-state index in [1.165, 1.54) is 6.07 Å². The van der Waals surface area contributed by atoms with Crippen molar-refractivity contribution in [2.75, 3.05) is 0 Å². The SMILES string of the molecule is O=C(O)c1cccc(COCc2cccnc2)n1. The molecule has 2 heterocycles. The average Bonchev–Trinajstić information content (AvgIpc) is 2.40. The highest BCUT2D eigenvalue weighted by Crippen LogP contribution is 2.04. The van der Waals surface area contributed by atoms with Gasteiger partial charge in [0.2, 0.25) is 0 Å². The summed E-state index contributed by atoms with van der Waals surface area (Å²) in [6.07, 6.45) is 3.42. The molecule has 0 aliphatic carbocycles. The van der Waals surface area contributed by atoms with Gasteiger partial charge in [-0.2, -0.15) is 0 Å². The Kier molecular flexibility index (Phi) is 3.98. The predicted molar refractivity (Wildman–Crippen MR) is 63.9 cm³/mol. The van der Waals surface area contributed by atoms with Gasteiger partial charge in [-0.25, -0.2) is 9.78 Å². The Labute approximate surface area is 104 Å². The van der Waals surface area contributed by atoms with Gasteiger partial charge in [0.05, 0.1) is 18.9 Å². The summed E-state index contributed by atoms with van der Waals surface area (Å²) in [5.74, 6) is -1.04. The summed E-state index contributed by atoms with van der Waals surface area (Å²) >= 11 is 0. The zero-order valence-electron chi connectivity index (χ0n) is 9.61. The molecule has 0 aliphatic rings. The summed E-state index contributed by atoms with van der Waals surface area (Å²) in [6.45, 7) is 0.697. The lowest BCUT2D eigenvalue weighted by molar-refractivity contribution is 0.0688. The predicted octanol–water partition coefficient (Wildman–Crippen LogP) is 1.89. The Balaban J connectivity index is 1.90. The van der Waals surface area contributed by atoms with Crippen LogP contribution in [0.5, 0.6) is 0 Å². The fourth-order valence-corrected chi connectivity index (χ4v) is 1.44. The number of pyridine rings is 2. The van der Waals surface area contributed by atoms with Gasteiger partial charge in [0, 0.05) is 12.4 Å². The van der Waals surface area contributed by atoms with Gasteiger partial charge in [-0.1, -0.05) is 12.1 Å². The van der Waals surface area contributed by atoms with E-state index < -0.39 is 5.97 Å². The van der Waals surface area contributed by atoms with Gasteiger partial charge in [0.25, 0.3) is 0 Å². The molecule has 92 valence electrons. The van der Waals surface area contributed by atoms with Crippen LogP contribution in [0, 0.1) is 0 Å². The van der Waals surface area contributed by atoms with Crippen molar-refractivity contribution in [3.63, 3.8) is 0 Å². The third-order valence-electron chi connectivity index (χ3n) is 2.27. The average molecular weight is 244 g/mol. The Morgan fingerprint density at radius 1 is 1.22 bits per heavy atom. The van der Waals surface area contributed by atoms with Crippen LogP contribution in [0.4, 0.5) is 0 Å². The summed E-state index contributed by atoms with van der Waals surface area (Å²) < 4.78 is 5.45. The first kappa shape index (κ1) is 12.2. The van der Waals surface area contributed by atoms with E-state index in [1.54, 1.807) is 24.5 Å². The molecule has 0 amide bonds. The van der Waals surface area contributed by atoms with Gasteiger partial charge < -0.3 is 9.84 Å². The third kappa shape index (κ3) is 3.36. The van der Waals surface area contributed by atoms with Crippen molar-refractivity contribution in [2.24, 2.45) is 0 Å². The first-order chi connectivity index (χ1) is 8.75. The topological polar surface area (TPSA) is 72.3 Å². The maximum Gasteiger partial charge on any atom is 0.354 e. The number of hydrogen-bond donors (Lipinski definition) is 1. The quantitative estimate of drug-likeness (QED) is 0.869. The molecule has 0 radical (unpaired) electrons. The molecule has 2 aromatic heterocycles. The number of nitrogens with zero attached hydrogens (tertiary/aromatic N) is 2. The normalized spacial score (nSPS) is 10.2. The molecule has 0 atom stereocenters. The van der Waals surface area contributed by atoms with E-state index in [2.05, 4.69) is 9.97 Å². The number of aromatic carboxylic acids is 1. The molecular formula is C13H12N2O3. The molecule has 5 heteroatoms. The maximum atomic E-state index is 10.7. The summed E-state index contributed by atoms with van der Waals surface area (Å²) in [5.41, 5.74) is 1.59. The van der Waals surface area contributed by atoms with E-state index in [-0.39, 0.29) is 12.3 Å². The van der Waals surface area contributed by atoms with Crippen molar-refractivity contribution in [3.05, 3.63) is 59.7 Å². The lowest BCUT2D eigenvalue weighted by atomic mass is 10.3. The van der Waals surface area contributed by atoms with Crippen LogP contribution in [0.15, 0.2) is 42.7 Å². The zero-order chi connectivity index (χ0) is 12.8. The second-order valence-electron chi connectivity index (χ2n) is 3.67. The highest BCUT2D eigenvalue weighted by atomic mass is 16.5. The molecule has 1 N–H and O–H groups in total. The van der Waals surface area contributed by atoms with Crippen molar-refractivity contribution >= 4 is 5.97 Å². The van der Waals surface area contributed by atoms with Gasteiger partial charge in [0.1, 0.15) is 5.69 Å². The monoisotopic (exact) mass is 244 g/mol. The molecule has 0 aliphatic heterocycles. The molecule has 0 unspecified atom stereocenters. The number of carboxylic acid groups (broad SMARTS) is 1. The highest BCUT2D eigenvalue weighted by molar-refractivity contribution is 5.85. The van der Waals surface area contributed by atoms with Crippen molar-refractivity contribution in [1.82, 2.24) is 9.97 Å². The van der Waals surface area contributed by atoms with E-state index in [1.807, 2.05) is 12.1 Å². The summed E-state index contributed by atoms with van der Waals surface area (Å²) in [7, 11) is 0. The standard InChI is InChI=1S/C13H12N2O3/c16-13(17)12-5-1-4-11(15-12)9-18-8-10-3-2-6-14-7-10/h1-7H,8-9H2,(H,16,17). The van der Waals surface area contributed by atoms with Crippen molar-refractivity contribution in [2.45, 2.75) is 13.2 Å². The Morgan fingerprint density at radius 3 is 2.83 bits per heavy atom. The molecule has 0 fully saturated rings. The molecular weight excluding hydrogens is 232 g/mol. The van der Waals surface area contributed by atoms with Crippen LogP contribution in [-0.4, -0.2) is 21.0 Å². The van der Waals surface area contributed by atoms with Crippen LogP contribution in [0.25, 0.3) is 0 Å². The van der Waals surface area contributed by atoms with Crippen molar-refractivity contribution < 1.29 is 14.6 Å². The lowest BCUT2D eigenvalue weighted by Crippen LogP contribution is -2.04. The molecule has 0 aromatic carbocycles. The smallest absolute Gasteiger partial charge is 0.354 e. The number of carboxylic acids is 1. The van der Waals surface area contributed by atoms with Crippen LogP contribution < -0.4 is 0 Å². The van der Waals surface area contributed by atoms with E-state index in [9.17, 15) is 4.79 Å². The molecule has 0 spiro atoms. The fraction of sp³-hybridized carbons (Fsp3) is 0.154. The molecule has 2 aromatic rings. The number of ether oxygens (including phenoxy) is 1. The van der Waals surface area contributed by atoms with Crippen molar-refractivity contribution in [3.8, 4) is 0 Å². The third-order valence-corrected chi connectivity index (χ3v) is 2.27. The molecule has 0 saturated carbocycles. The second kappa shape index (κ2) is 5.88. The number of carbonyl (C=O) groups is 1. The Hall–Kier alpha value is -2.27. The lowest BCUT2D eigenvalue weighted by Gasteiger charge is -2.04. The summed E-state index contributed by atoms with van der Waals surface area (Å²) in [4.78, 5) is 18.7.